The van der Waals surface area contributed by atoms with Crippen LogP contribution in [0.2, 0.25) is 0 Å². The lowest BCUT2D eigenvalue weighted by Crippen LogP contribution is -2.11. The van der Waals surface area contributed by atoms with Crippen LogP contribution in [0.3, 0.4) is 0 Å². The first-order chi connectivity index (χ1) is 10.6. The van der Waals surface area contributed by atoms with Crippen molar-refractivity contribution >= 4 is 17.3 Å². The number of hydrogen-bond acceptors (Lipinski definition) is 5. The standard InChI is InChI=1S/C16H17N5O/c17-14-13(15(18)22)16(21-20-14)19-12-8-6-11(7-9-12)10-4-2-1-3-5-10/h1-9,15,22H,18H2,(H4,17,19,20,21). The molecular weight excluding hydrogens is 278 g/mol. The number of aromatic nitrogens is 2. The number of hydrogen-bond donors (Lipinski definition) is 5. The largest absolute Gasteiger partial charge is 0.384 e. The van der Waals surface area contributed by atoms with Crippen molar-refractivity contribution in [1.29, 1.82) is 0 Å². The molecule has 0 saturated heterocycles. The van der Waals surface area contributed by atoms with E-state index in [1.807, 2.05) is 42.5 Å². The van der Waals surface area contributed by atoms with E-state index < -0.39 is 6.23 Å². The van der Waals surface area contributed by atoms with Crippen LogP contribution in [0.25, 0.3) is 11.1 Å². The third kappa shape index (κ3) is 2.78. The lowest BCUT2D eigenvalue weighted by molar-refractivity contribution is 0.188. The molecular formula is C16H17N5O. The summed E-state index contributed by atoms with van der Waals surface area (Å²) >= 11 is 0. The van der Waals surface area contributed by atoms with Crippen LogP contribution >= 0.6 is 0 Å². The Labute approximate surface area is 127 Å². The Morgan fingerprint density at radius 1 is 1.00 bits per heavy atom. The molecule has 3 aromatic rings. The molecule has 2 aromatic carbocycles. The van der Waals surface area contributed by atoms with Gasteiger partial charge < -0.3 is 21.9 Å². The summed E-state index contributed by atoms with van der Waals surface area (Å²) in [7, 11) is 0. The molecule has 0 aliphatic rings. The number of aliphatic hydroxyl groups is 1. The van der Waals surface area contributed by atoms with E-state index in [9.17, 15) is 5.11 Å². The summed E-state index contributed by atoms with van der Waals surface area (Å²) in [5, 5.41) is 19.2. The number of anilines is 3. The van der Waals surface area contributed by atoms with Gasteiger partial charge >= 0.3 is 0 Å². The highest BCUT2D eigenvalue weighted by Crippen LogP contribution is 2.27. The average Bonchev–Trinajstić information content (AvgIpc) is 2.90. The maximum atomic E-state index is 9.54. The van der Waals surface area contributed by atoms with Crippen molar-refractivity contribution in [3.63, 3.8) is 0 Å². The van der Waals surface area contributed by atoms with Crippen LogP contribution in [0.4, 0.5) is 17.3 Å². The first-order valence-electron chi connectivity index (χ1n) is 6.85. The first-order valence-corrected chi connectivity index (χ1v) is 6.85. The molecule has 0 radical (unpaired) electrons. The van der Waals surface area contributed by atoms with Crippen LogP contribution in [0.15, 0.2) is 54.6 Å². The van der Waals surface area contributed by atoms with Crippen molar-refractivity contribution in [2.45, 2.75) is 6.23 Å². The topological polar surface area (TPSA) is 113 Å². The number of aliphatic hydroxyl groups excluding tert-OH is 1. The second-order valence-electron chi connectivity index (χ2n) is 4.91. The zero-order valence-electron chi connectivity index (χ0n) is 11.8. The van der Waals surface area contributed by atoms with Crippen LogP contribution in [-0.4, -0.2) is 15.3 Å². The monoisotopic (exact) mass is 295 g/mol. The number of nitrogens with two attached hydrogens (primary N) is 2. The number of nitrogens with one attached hydrogen (secondary N) is 2. The molecule has 1 heterocycles. The van der Waals surface area contributed by atoms with Crippen LogP contribution < -0.4 is 16.8 Å². The molecule has 1 atom stereocenters. The third-order valence-electron chi connectivity index (χ3n) is 3.38. The number of benzene rings is 2. The quantitative estimate of drug-likeness (QED) is 0.474. The molecule has 0 bridgehead atoms. The second-order valence-corrected chi connectivity index (χ2v) is 4.91. The van der Waals surface area contributed by atoms with Crippen molar-refractivity contribution in [1.82, 2.24) is 10.2 Å². The summed E-state index contributed by atoms with van der Waals surface area (Å²) in [5.74, 6) is 0.665. The van der Waals surface area contributed by atoms with E-state index >= 15 is 0 Å². The Hall–Kier alpha value is -2.83. The lowest BCUT2D eigenvalue weighted by Gasteiger charge is -2.09. The fourth-order valence-electron chi connectivity index (χ4n) is 2.27. The molecule has 0 spiro atoms. The summed E-state index contributed by atoms with van der Waals surface area (Å²) in [6.45, 7) is 0. The zero-order chi connectivity index (χ0) is 15.5. The number of nitrogens with zero attached hydrogens (tertiary/aromatic N) is 1. The van der Waals surface area contributed by atoms with Gasteiger partial charge in [0, 0.05) is 5.69 Å². The van der Waals surface area contributed by atoms with Gasteiger partial charge in [0.2, 0.25) is 0 Å². The second kappa shape index (κ2) is 5.88. The zero-order valence-corrected chi connectivity index (χ0v) is 11.8. The number of H-pyrrole nitrogens is 1. The van der Waals surface area contributed by atoms with Crippen molar-refractivity contribution in [3.8, 4) is 11.1 Å². The summed E-state index contributed by atoms with van der Waals surface area (Å²) in [5.41, 5.74) is 14.6. The first kappa shape index (κ1) is 14.1. The lowest BCUT2D eigenvalue weighted by atomic mass is 10.1. The molecule has 7 N–H and O–H groups in total. The predicted molar refractivity (Wildman–Crippen MR) is 87.3 cm³/mol. The SMILES string of the molecule is Nc1[nH]nc(Nc2ccc(-c3ccccc3)cc2)c1C(N)O. The predicted octanol–water partition coefficient (Wildman–Crippen LogP) is 2.35. The van der Waals surface area contributed by atoms with E-state index in [-0.39, 0.29) is 5.82 Å². The number of rotatable bonds is 4. The molecule has 0 amide bonds. The van der Waals surface area contributed by atoms with Crippen molar-refractivity contribution in [2.75, 3.05) is 11.1 Å². The van der Waals surface area contributed by atoms with E-state index in [4.69, 9.17) is 11.5 Å². The number of nitrogen functional groups attached to an aromatic ring is 1. The van der Waals surface area contributed by atoms with Gasteiger partial charge in [0.05, 0.1) is 5.56 Å². The minimum absolute atomic E-state index is 0.249. The van der Waals surface area contributed by atoms with Gasteiger partial charge in [-0.1, -0.05) is 42.5 Å². The van der Waals surface area contributed by atoms with E-state index in [1.54, 1.807) is 0 Å². The fraction of sp³-hybridized carbons (Fsp3) is 0.0625. The fourth-order valence-corrected chi connectivity index (χ4v) is 2.27. The van der Waals surface area contributed by atoms with Gasteiger partial charge in [0.25, 0.3) is 0 Å². The smallest absolute Gasteiger partial charge is 0.161 e. The van der Waals surface area contributed by atoms with Crippen molar-refractivity contribution in [3.05, 3.63) is 60.2 Å². The molecule has 0 aliphatic carbocycles. The van der Waals surface area contributed by atoms with E-state index in [1.165, 1.54) is 0 Å². The van der Waals surface area contributed by atoms with Gasteiger partial charge in [-0.3, -0.25) is 5.10 Å². The van der Waals surface area contributed by atoms with Crippen LogP contribution in [0.5, 0.6) is 0 Å². The third-order valence-corrected chi connectivity index (χ3v) is 3.38. The van der Waals surface area contributed by atoms with E-state index in [2.05, 4.69) is 27.6 Å². The molecule has 1 unspecified atom stereocenters. The summed E-state index contributed by atoms with van der Waals surface area (Å²) in [6, 6.07) is 18.0. The van der Waals surface area contributed by atoms with Gasteiger partial charge in [-0.25, -0.2) is 0 Å². The average molecular weight is 295 g/mol. The Kier molecular flexibility index (Phi) is 3.78. The minimum Gasteiger partial charge on any atom is -0.384 e. The van der Waals surface area contributed by atoms with Crippen molar-refractivity contribution < 1.29 is 5.11 Å². The normalized spacial score (nSPS) is 12.1. The van der Waals surface area contributed by atoms with Crippen molar-refractivity contribution in [2.24, 2.45) is 5.73 Å². The van der Waals surface area contributed by atoms with Crippen LogP contribution in [0, 0.1) is 0 Å². The number of aromatic amines is 1. The molecule has 3 rings (SSSR count). The molecule has 0 fully saturated rings. The molecule has 22 heavy (non-hydrogen) atoms. The van der Waals surface area contributed by atoms with Gasteiger partial charge in [0.1, 0.15) is 12.0 Å². The molecule has 1 aromatic heterocycles. The maximum Gasteiger partial charge on any atom is 0.161 e. The van der Waals surface area contributed by atoms with Gasteiger partial charge in [-0.15, -0.1) is 0 Å². The highest BCUT2D eigenvalue weighted by atomic mass is 16.3. The molecule has 0 saturated carbocycles. The summed E-state index contributed by atoms with van der Waals surface area (Å²) < 4.78 is 0. The van der Waals surface area contributed by atoms with Crippen LogP contribution in [0.1, 0.15) is 11.8 Å². The van der Waals surface area contributed by atoms with Gasteiger partial charge in [0.15, 0.2) is 5.82 Å². The summed E-state index contributed by atoms with van der Waals surface area (Å²) in [4.78, 5) is 0. The molecule has 6 heteroatoms. The Bertz CT molecular complexity index is 750. The molecule has 6 nitrogen and oxygen atoms in total. The Morgan fingerprint density at radius 2 is 1.64 bits per heavy atom. The van der Waals surface area contributed by atoms with Crippen LogP contribution in [-0.2, 0) is 0 Å². The van der Waals surface area contributed by atoms with Gasteiger partial charge in [-0.05, 0) is 23.3 Å². The highest BCUT2D eigenvalue weighted by molar-refractivity contribution is 5.69. The Balaban J connectivity index is 1.83. The molecule has 0 aliphatic heterocycles. The molecule has 112 valence electrons. The minimum atomic E-state index is -1.19. The van der Waals surface area contributed by atoms with E-state index in [0.717, 1.165) is 16.8 Å². The summed E-state index contributed by atoms with van der Waals surface area (Å²) in [6.07, 6.45) is -1.19. The highest BCUT2D eigenvalue weighted by Gasteiger charge is 2.16. The van der Waals surface area contributed by atoms with E-state index in [0.29, 0.717) is 11.4 Å². The maximum absolute atomic E-state index is 9.54. The Morgan fingerprint density at radius 3 is 2.27 bits per heavy atom. The van der Waals surface area contributed by atoms with Gasteiger partial charge in [-0.2, -0.15) is 5.10 Å².